The smallest absolute Gasteiger partial charge is 0.205 e. The van der Waals surface area contributed by atoms with Gasteiger partial charge in [0.25, 0.3) is 6.43 Å². The van der Waals surface area contributed by atoms with Crippen LogP contribution in [0.4, 0.5) is 22.0 Å². The molecule has 0 saturated carbocycles. The van der Waals surface area contributed by atoms with Crippen molar-refractivity contribution in [3.05, 3.63) is 34.9 Å². The molecule has 0 nitrogen and oxygen atoms in total. The molecule has 0 aromatic heterocycles. The third-order valence-electron chi connectivity index (χ3n) is 2.28. The highest BCUT2D eigenvalue weighted by molar-refractivity contribution is 9.09. The summed E-state index contributed by atoms with van der Waals surface area (Å²) >= 11 is 3.10. The van der Waals surface area contributed by atoms with Crippen LogP contribution in [0.2, 0.25) is 0 Å². The third kappa shape index (κ3) is 3.66. The number of alkyl halides is 6. The summed E-state index contributed by atoms with van der Waals surface area (Å²) in [6.07, 6.45) is -7.26. The zero-order chi connectivity index (χ0) is 13.1. The molecule has 0 aliphatic carbocycles. The zero-order valence-corrected chi connectivity index (χ0v) is 10.3. The van der Waals surface area contributed by atoms with Crippen molar-refractivity contribution in [2.45, 2.75) is 25.4 Å². The Kier molecular flexibility index (Phi) is 4.91. The van der Waals surface area contributed by atoms with Crippen LogP contribution >= 0.6 is 15.9 Å². The second kappa shape index (κ2) is 5.80. The molecule has 0 aliphatic heterocycles. The summed E-state index contributed by atoms with van der Waals surface area (Å²) < 4.78 is 63.4. The molecule has 0 heterocycles. The van der Waals surface area contributed by atoms with Gasteiger partial charge >= 0.3 is 6.18 Å². The Hall–Kier alpha value is -0.650. The molecular formula is C11H10BrF5. The molecule has 96 valence electrons. The van der Waals surface area contributed by atoms with E-state index in [0.717, 1.165) is 6.07 Å². The van der Waals surface area contributed by atoms with E-state index in [4.69, 9.17) is 0 Å². The van der Waals surface area contributed by atoms with Gasteiger partial charge in [0, 0.05) is 10.9 Å². The van der Waals surface area contributed by atoms with E-state index in [1.807, 2.05) is 0 Å². The summed E-state index contributed by atoms with van der Waals surface area (Å²) in [6, 6.07) is 3.31. The maximum atomic E-state index is 12.8. The Labute approximate surface area is 104 Å². The summed E-state index contributed by atoms with van der Waals surface area (Å²) in [7, 11) is 0. The number of benzene rings is 1. The van der Waals surface area contributed by atoms with Crippen molar-refractivity contribution in [2.75, 3.05) is 5.33 Å². The lowest BCUT2D eigenvalue weighted by Crippen LogP contribution is -2.13. The van der Waals surface area contributed by atoms with Crippen LogP contribution in [0.3, 0.4) is 0 Å². The molecule has 17 heavy (non-hydrogen) atoms. The maximum Gasteiger partial charge on any atom is 0.417 e. The van der Waals surface area contributed by atoms with Gasteiger partial charge in [-0.1, -0.05) is 34.1 Å². The van der Waals surface area contributed by atoms with E-state index in [-0.39, 0.29) is 12.0 Å². The van der Waals surface area contributed by atoms with Gasteiger partial charge in [-0.05, 0) is 18.4 Å². The topological polar surface area (TPSA) is 0 Å². The van der Waals surface area contributed by atoms with Gasteiger partial charge < -0.3 is 0 Å². The van der Waals surface area contributed by atoms with Gasteiger partial charge in [0.2, 0.25) is 0 Å². The van der Waals surface area contributed by atoms with Crippen LogP contribution in [0.15, 0.2) is 18.2 Å². The summed E-state index contributed by atoms with van der Waals surface area (Å²) in [6.45, 7) is 0. The fraction of sp³-hybridized carbons (Fsp3) is 0.455. The first-order valence-electron chi connectivity index (χ1n) is 4.91. The third-order valence-corrected chi connectivity index (χ3v) is 2.84. The SMILES string of the molecule is FC(F)c1cccc(CCCBr)c1C(F)(F)F. The first-order valence-corrected chi connectivity index (χ1v) is 6.03. The minimum absolute atomic E-state index is 0.0743. The van der Waals surface area contributed by atoms with Crippen LogP contribution in [-0.2, 0) is 12.6 Å². The van der Waals surface area contributed by atoms with Crippen molar-refractivity contribution in [1.29, 1.82) is 0 Å². The monoisotopic (exact) mass is 316 g/mol. The average molecular weight is 317 g/mol. The molecule has 0 atom stereocenters. The minimum Gasteiger partial charge on any atom is -0.205 e. The fourth-order valence-corrected chi connectivity index (χ4v) is 1.89. The van der Waals surface area contributed by atoms with Crippen LogP contribution < -0.4 is 0 Å². The molecule has 0 bridgehead atoms. The summed E-state index contributed by atoms with van der Waals surface area (Å²) in [5.41, 5.74) is -2.20. The van der Waals surface area contributed by atoms with E-state index < -0.39 is 23.7 Å². The van der Waals surface area contributed by atoms with Crippen molar-refractivity contribution < 1.29 is 22.0 Å². The molecule has 0 spiro atoms. The van der Waals surface area contributed by atoms with Crippen LogP contribution in [0.1, 0.15) is 29.5 Å². The van der Waals surface area contributed by atoms with Crippen molar-refractivity contribution in [3.8, 4) is 0 Å². The van der Waals surface area contributed by atoms with Crippen LogP contribution in [0, 0.1) is 0 Å². The van der Waals surface area contributed by atoms with Crippen molar-refractivity contribution in [2.24, 2.45) is 0 Å². The van der Waals surface area contributed by atoms with Crippen LogP contribution in [0.25, 0.3) is 0 Å². The highest BCUT2D eigenvalue weighted by Crippen LogP contribution is 2.39. The van der Waals surface area contributed by atoms with Gasteiger partial charge in [0.1, 0.15) is 0 Å². The van der Waals surface area contributed by atoms with Gasteiger partial charge in [-0.15, -0.1) is 0 Å². The van der Waals surface area contributed by atoms with E-state index >= 15 is 0 Å². The van der Waals surface area contributed by atoms with Crippen molar-refractivity contribution >= 4 is 15.9 Å². The Morgan fingerprint density at radius 1 is 1.18 bits per heavy atom. The number of rotatable bonds is 4. The van der Waals surface area contributed by atoms with Gasteiger partial charge in [0.05, 0.1) is 5.56 Å². The standard InChI is InChI=1S/C11H10BrF5/c12-6-2-4-7-3-1-5-8(10(13)14)9(7)11(15,16)17/h1,3,5,10H,2,4,6H2. The molecule has 0 unspecified atom stereocenters. The van der Waals surface area contributed by atoms with E-state index in [2.05, 4.69) is 15.9 Å². The molecule has 6 heteroatoms. The quantitative estimate of drug-likeness (QED) is 0.543. The first-order chi connectivity index (χ1) is 7.88. The normalized spacial score (nSPS) is 12.2. The average Bonchev–Trinajstić information content (AvgIpc) is 2.24. The van der Waals surface area contributed by atoms with E-state index in [9.17, 15) is 22.0 Å². The lowest BCUT2D eigenvalue weighted by atomic mass is 9.97. The molecule has 0 aliphatic rings. The zero-order valence-electron chi connectivity index (χ0n) is 8.70. The minimum atomic E-state index is -4.74. The molecule has 1 aromatic rings. The lowest BCUT2D eigenvalue weighted by Gasteiger charge is -2.16. The fourth-order valence-electron chi connectivity index (χ4n) is 1.61. The summed E-state index contributed by atoms with van der Waals surface area (Å²) in [5.74, 6) is 0. The predicted octanol–water partition coefficient (Wildman–Crippen LogP) is 4.97. The highest BCUT2D eigenvalue weighted by atomic mass is 79.9. The lowest BCUT2D eigenvalue weighted by molar-refractivity contribution is -0.140. The summed E-state index contributed by atoms with van der Waals surface area (Å²) in [4.78, 5) is 0. The molecule has 0 N–H and O–H groups in total. The molecule has 0 fully saturated rings. The van der Waals surface area contributed by atoms with Gasteiger partial charge in [-0.25, -0.2) is 8.78 Å². The molecule has 0 saturated heterocycles. The summed E-state index contributed by atoms with van der Waals surface area (Å²) in [5, 5.41) is 0.531. The molecule has 0 amide bonds. The number of halogens is 6. The Bertz CT molecular complexity index is 373. The van der Waals surface area contributed by atoms with Gasteiger partial charge in [0.15, 0.2) is 0 Å². The molecule has 0 radical (unpaired) electrons. The van der Waals surface area contributed by atoms with Crippen LogP contribution in [0.5, 0.6) is 0 Å². The Morgan fingerprint density at radius 3 is 2.29 bits per heavy atom. The van der Waals surface area contributed by atoms with Gasteiger partial charge in [-0.3, -0.25) is 0 Å². The van der Waals surface area contributed by atoms with E-state index in [0.29, 0.717) is 11.8 Å². The Balaban J connectivity index is 3.25. The predicted molar refractivity (Wildman–Crippen MR) is 58.5 cm³/mol. The Morgan fingerprint density at radius 2 is 1.82 bits per heavy atom. The second-order valence-electron chi connectivity index (χ2n) is 3.47. The molecule has 1 rings (SSSR count). The number of hydrogen-bond acceptors (Lipinski definition) is 0. The second-order valence-corrected chi connectivity index (χ2v) is 4.27. The largest absolute Gasteiger partial charge is 0.417 e. The van der Waals surface area contributed by atoms with E-state index in [1.165, 1.54) is 12.1 Å². The molecular weight excluding hydrogens is 307 g/mol. The highest BCUT2D eigenvalue weighted by Gasteiger charge is 2.37. The van der Waals surface area contributed by atoms with Gasteiger partial charge in [-0.2, -0.15) is 13.2 Å². The number of aryl methyl sites for hydroxylation is 1. The van der Waals surface area contributed by atoms with Crippen LogP contribution in [-0.4, -0.2) is 5.33 Å². The molecule has 1 aromatic carbocycles. The van der Waals surface area contributed by atoms with Crippen molar-refractivity contribution in [1.82, 2.24) is 0 Å². The van der Waals surface area contributed by atoms with E-state index in [1.54, 1.807) is 0 Å². The first kappa shape index (κ1) is 14.4. The van der Waals surface area contributed by atoms with Crippen molar-refractivity contribution in [3.63, 3.8) is 0 Å². The maximum absolute atomic E-state index is 12.8. The number of hydrogen-bond donors (Lipinski definition) is 0.